The van der Waals surface area contributed by atoms with Gasteiger partial charge in [-0.25, -0.2) is 4.79 Å². The lowest BCUT2D eigenvalue weighted by molar-refractivity contribution is 0.219. The monoisotopic (exact) mass is 170 g/mol. The van der Waals surface area contributed by atoms with Crippen LogP contribution in [0.15, 0.2) is 0 Å². The highest BCUT2D eigenvalue weighted by Crippen LogP contribution is 1.80. The molecule has 0 aromatic heterocycles. The second-order valence-electron chi connectivity index (χ2n) is 2.59. The lowest BCUT2D eigenvalue weighted by Crippen LogP contribution is -2.45. The molecule has 0 spiro atoms. The molecule has 12 heavy (non-hydrogen) atoms. The molecule has 1 unspecified atom stereocenters. The minimum Gasteiger partial charge on any atom is -0.394 e. The zero-order valence-corrected chi connectivity index (χ0v) is 7.29. The molecule has 0 rings (SSSR count). The summed E-state index contributed by atoms with van der Waals surface area (Å²) in [5, 5.41) is 13.6. The van der Waals surface area contributed by atoms with Gasteiger partial charge in [0, 0.05) is 0 Å². The molecule has 0 aliphatic heterocycles. The summed E-state index contributed by atoms with van der Waals surface area (Å²) in [5.74, 6) is 2.35. The maximum absolute atomic E-state index is 11.0. The highest BCUT2D eigenvalue weighted by Gasteiger charge is 2.06. The van der Waals surface area contributed by atoms with E-state index in [0.717, 1.165) is 0 Å². The molecule has 68 valence electrons. The topological polar surface area (TPSA) is 61.4 Å². The fraction of sp³-hybridized carbons (Fsp3) is 0.625. The third-order valence-corrected chi connectivity index (χ3v) is 1.25. The van der Waals surface area contributed by atoms with Crippen LogP contribution in [0, 0.1) is 12.3 Å². The van der Waals surface area contributed by atoms with Gasteiger partial charge in [-0.05, 0) is 13.8 Å². The van der Waals surface area contributed by atoms with Gasteiger partial charge in [0.2, 0.25) is 0 Å². The minimum absolute atomic E-state index is 0.0855. The minimum atomic E-state index is -0.359. The average molecular weight is 170 g/mol. The van der Waals surface area contributed by atoms with Gasteiger partial charge in [0.05, 0.1) is 18.7 Å². The van der Waals surface area contributed by atoms with Crippen molar-refractivity contribution < 1.29 is 9.90 Å². The SMILES string of the molecule is C#CC(C)NC(=O)N[C@@H](C)CO. The maximum Gasteiger partial charge on any atom is 0.316 e. The number of hydrogen-bond acceptors (Lipinski definition) is 2. The zero-order chi connectivity index (χ0) is 9.56. The van der Waals surface area contributed by atoms with E-state index < -0.39 is 0 Å². The van der Waals surface area contributed by atoms with Gasteiger partial charge in [0.25, 0.3) is 0 Å². The molecule has 0 aromatic carbocycles. The number of carbonyl (C=O) groups excluding carboxylic acids is 1. The van der Waals surface area contributed by atoms with E-state index in [2.05, 4.69) is 16.6 Å². The Bertz CT molecular complexity index is 186. The molecule has 2 amide bonds. The van der Waals surface area contributed by atoms with Gasteiger partial charge in [-0.1, -0.05) is 5.92 Å². The molecule has 0 bridgehead atoms. The van der Waals surface area contributed by atoms with Crippen molar-refractivity contribution in [3.8, 4) is 12.3 Å². The van der Waals surface area contributed by atoms with Crippen molar-refractivity contribution in [2.45, 2.75) is 25.9 Å². The highest BCUT2D eigenvalue weighted by molar-refractivity contribution is 5.74. The number of rotatable bonds is 3. The number of hydrogen-bond donors (Lipinski definition) is 3. The Morgan fingerprint density at radius 3 is 2.58 bits per heavy atom. The van der Waals surface area contributed by atoms with Gasteiger partial charge in [0.1, 0.15) is 0 Å². The third-order valence-electron chi connectivity index (χ3n) is 1.25. The predicted molar refractivity (Wildman–Crippen MR) is 46.5 cm³/mol. The summed E-state index contributed by atoms with van der Waals surface area (Å²) in [4.78, 5) is 11.0. The van der Waals surface area contributed by atoms with Crippen LogP contribution < -0.4 is 10.6 Å². The van der Waals surface area contributed by atoms with Crippen LogP contribution in [-0.2, 0) is 0 Å². The van der Waals surface area contributed by atoms with Gasteiger partial charge < -0.3 is 15.7 Å². The first-order chi connectivity index (χ1) is 5.60. The number of amides is 2. The van der Waals surface area contributed by atoms with Crippen LogP contribution in [0.3, 0.4) is 0 Å². The quantitative estimate of drug-likeness (QED) is 0.509. The van der Waals surface area contributed by atoms with E-state index in [1.807, 2.05) is 0 Å². The predicted octanol–water partition coefficient (Wildman–Crippen LogP) is -0.312. The first kappa shape index (κ1) is 10.8. The summed E-state index contributed by atoms with van der Waals surface area (Å²) in [7, 11) is 0. The normalized spacial score (nSPS) is 14.2. The van der Waals surface area contributed by atoms with E-state index in [4.69, 9.17) is 11.5 Å². The van der Waals surface area contributed by atoms with Crippen molar-refractivity contribution in [3.63, 3.8) is 0 Å². The Morgan fingerprint density at radius 1 is 1.58 bits per heavy atom. The Balaban J connectivity index is 3.68. The van der Waals surface area contributed by atoms with Crippen LogP contribution in [0.2, 0.25) is 0 Å². The summed E-state index contributed by atoms with van der Waals surface area (Å²) in [5.41, 5.74) is 0. The lowest BCUT2D eigenvalue weighted by atomic mass is 10.3. The molecular weight excluding hydrogens is 156 g/mol. The van der Waals surface area contributed by atoms with Gasteiger partial charge in [-0.15, -0.1) is 6.42 Å². The molecule has 0 aliphatic rings. The summed E-state index contributed by atoms with van der Waals surface area (Å²) in [6.07, 6.45) is 5.04. The Labute approximate surface area is 72.3 Å². The van der Waals surface area contributed by atoms with Crippen LogP contribution >= 0.6 is 0 Å². The molecule has 0 saturated heterocycles. The van der Waals surface area contributed by atoms with E-state index in [1.165, 1.54) is 0 Å². The number of carbonyl (C=O) groups is 1. The molecule has 0 saturated carbocycles. The van der Waals surface area contributed by atoms with E-state index in [1.54, 1.807) is 13.8 Å². The number of aliphatic hydroxyl groups is 1. The number of urea groups is 1. The third kappa shape index (κ3) is 4.58. The highest BCUT2D eigenvalue weighted by atomic mass is 16.3. The van der Waals surface area contributed by atoms with E-state index in [9.17, 15) is 4.79 Å². The van der Waals surface area contributed by atoms with Crippen LogP contribution in [0.5, 0.6) is 0 Å². The lowest BCUT2D eigenvalue weighted by Gasteiger charge is -2.13. The summed E-state index contributed by atoms with van der Waals surface area (Å²) >= 11 is 0. The van der Waals surface area contributed by atoms with E-state index in [0.29, 0.717) is 0 Å². The zero-order valence-electron chi connectivity index (χ0n) is 7.29. The molecule has 4 heteroatoms. The number of terminal acetylenes is 1. The summed E-state index contributed by atoms with van der Waals surface area (Å²) in [6.45, 7) is 3.31. The van der Waals surface area contributed by atoms with Gasteiger partial charge in [0.15, 0.2) is 0 Å². The average Bonchev–Trinajstić information content (AvgIpc) is 2.03. The van der Waals surface area contributed by atoms with Gasteiger partial charge >= 0.3 is 6.03 Å². The maximum atomic E-state index is 11.0. The molecular formula is C8H14N2O2. The summed E-state index contributed by atoms with van der Waals surface area (Å²) in [6, 6.07) is -0.909. The second kappa shape index (κ2) is 5.44. The Hall–Kier alpha value is -1.21. The second-order valence-corrected chi connectivity index (χ2v) is 2.59. The molecule has 0 fully saturated rings. The van der Waals surface area contributed by atoms with E-state index in [-0.39, 0.29) is 24.7 Å². The van der Waals surface area contributed by atoms with Crippen LogP contribution in [0.4, 0.5) is 4.79 Å². The van der Waals surface area contributed by atoms with Crippen molar-refractivity contribution in [1.82, 2.24) is 10.6 Å². The molecule has 0 aliphatic carbocycles. The molecule has 0 heterocycles. The number of nitrogens with one attached hydrogen (secondary N) is 2. The standard InChI is InChI=1S/C8H14N2O2/c1-4-6(2)9-8(12)10-7(3)5-11/h1,6-7,11H,5H2,2-3H3,(H2,9,10,12)/t6?,7-/m0/s1. The van der Waals surface area contributed by atoms with Crippen molar-refractivity contribution in [3.05, 3.63) is 0 Å². The van der Waals surface area contributed by atoms with Crippen molar-refractivity contribution in [2.24, 2.45) is 0 Å². The Kier molecular flexibility index (Phi) is 4.89. The van der Waals surface area contributed by atoms with Crippen molar-refractivity contribution >= 4 is 6.03 Å². The first-order valence-electron chi connectivity index (χ1n) is 3.74. The fourth-order valence-electron chi connectivity index (χ4n) is 0.549. The van der Waals surface area contributed by atoms with Crippen molar-refractivity contribution in [1.29, 1.82) is 0 Å². The Morgan fingerprint density at radius 2 is 2.17 bits per heavy atom. The molecule has 3 N–H and O–H groups in total. The van der Waals surface area contributed by atoms with E-state index >= 15 is 0 Å². The largest absolute Gasteiger partial charge is 0.394 e. The molecule has 0 radical (unpaired) electrons. The molecule has 2 atom stereocenters. The van der Waals surface area contributed by atoms with Gasteiger partial charge in [-0.2, -0.15) is 0 Å². The number of aliphatic hydroxyl groups excluding tert-OH is 1. The first-order valence-corrected chi connectivity index (χ1v) is 3.74. The van der Waals surface area contributed by atoms with Crippen molar-refractivity contribution in [2.75, 3.05) is 6.61 Å². The summed E-state index contributed by atoms with van der Waals surface area (Å²) < 4.78 is 0. The van der Waals surface area contributed by atoms with Gasteiger partial charge in [-0.3, -0.25) is 0 Å². The van der Waals surface area contributed by atoms with Crippen LogP contribution in [0.25, 0.3) is 0 Å². The smallest absolute Gasteiger partial charge is 0.316 e. The molecule has 4 nitrogen and oxygen atoms in total. The fourth-order valence-corrected chi connectivity index (χ4v) is 0.549. The molecule has 0 aromatic rings. The van der Waals surface area contributed by atoms with Crippen LogP contribution in [0.1, 0.15) is 13.8 Å². The van der Waals surface area contributed by atoms with Crippen LogP contribution in [-0.4, -0.2) is 29.8 Å².